The minimum Gasteiger partial charge on any atom is -0.343 e. The summed E-state index contributed by atoms with van der Waals surface area (Å²) in [6, 6.07) is 8.09. The Morgan fingerprint density at radius 3 is 2.57 bits per heavy atom. The van der Waals surface area contributed by atoms with Crippen LogP contribution < -0.4 is 0 Å². The van der Waals surface area contributed by atoms with E-state index in [0.717, 1.165) is 37.4 Å². The maximum Gasteiger partial charge on any atom is 0.226 e. The van der Waals surface area contributed by atoms with E-state index in [4.69, 9.17) is 11.6 Å². The fourth-order valence-electron chi connectivity index (χ4n) is 3.54. The summed E-state index contributed by atoms with van der Waals surface area (Å²) in [5.74, 6) is 0.784. The predicted octanol–water partition coefficient (Wildman–Crippen LogP) is 2.91. The van der Waals surface area contributed by atoms with E-state index in [1.165, 1.54) is 5.56 Å². The van der Waals surface area contributed by atoms with Crippen LogP contribution in [0.4, 0.5) is 0 Å². The number of piperidine rings is 1. The number of benzene rings is 1. The molecule has 3 rings (SSSR count). The number of likely N-dealkylation sites (tertiary alicyclic amines) is 1. The van der Waals surface area contributed by atoms with Crippen LogP contribution >= 0.6 is 11.6 Å². The van der Waals surface area contributed by atoms with Gasteiger partial charge >= 0.3 is 0 Å². The second kappa shape index (κ2) is 6.52. The number of carbonyl (C=O) groups excluding carboxylic acids is 2. The zero-order chi connectivity index (χ0) is 16.6. The zero-order valence-electron chi connectivity index (χ0n) is 13.7. The molecule has 2 aliphatic rings. The predicted molar refractivity (Wildman–Crippen MR) is 90.3 cm³/mol. The molecule has 2 fully saturated rings. The number of halogens is 1. The quantitative estimate of drug-likeness (QED) is 0.852. The molecule has 124 valence electrons. The topological polar surface area (TPSA) is 40.6 Å². The Labute approximate surface area is 142 Å². The van der Waals surface area contributed by atoms with Gasteiger partial charge < -0.3 is 9.80 Å². The van der Waals surface area contributed by atoms with E-state index < -0.39 is 0 Å². The number of hydrogen-bond donors (Lipinski definition) is 0. The van der Waals surface area contributed by atoms with Gasteiger partial charge in [0.25, 0.3) is 0 Å². The van der Waals surface area contributed by atoms with Crippen LogP contribution in [0.5, 0.6) is 0 Å². The molecule has 0 aromatic heterocycles. The van der Waals surface area contributed by atoms with Gasteiger partial charge in [-0.15, -0.1) is 0 Å². The van der Waals surface area contributed by atoms with E-state index in [1.807, 2.05) is 30.1 Å². The molecule has 1 saturated carbocycles. The van der Waals surface area contributed by atoms with E-state index in [-0.39, 0.29) is 23.8 Å². The van der Waals surface area contributed by atoms with E-state index in [9.17, 15) is 9.59 Å². The normalized spacial score (nSPS) is 24.4. The van der Waals surface area contributed by atoms with Crippen molar-refractivity contribution < 1.29 is 9.59 Å². The first-order chi connectivity index (χ1) is 11.0. The highest BCUT2D eigenvalue weighted by Gasteiger charge is 2.46. The molecule has 2 atom stereocenters. The highest BCUT2D eigenvalue weighted by Crippen LogP contribution is 2.49. The first-order valence-electron chi connectivity index (χ1n) is 8.25. The minimum atomic E-state index is 0.0954. The molecule has 0 radical (unpaired) electrons. The molecule has 1 aliphatic carbocycles. The Morgan fingerprint density at radius 1 is 1.26 bits per heavy atom. The maximum atomic E-state index is 12.7. The number of hydrogen-bond acceptors (Lipinski definition) is 2. The van der Waals surface area contributed by atoms with E-state index in [1.54, 1.807) is 11.8 Å². The van der Waals surface area contributed by atoms with Crippen molar-refractivity contribution in [2.24, 2.45) is 5.92 Å². The summed E-state index contributed by atoms with van der Waals surface area (Å²) in [5.41, 5.74) is 1.17. The van der Waals surface area contributed by atoms with Gasteiger partial charge in [-0.1, -0.05) is 23.7 Å². The van der Waals surface area contributed by atoms with Gasteiger partial charge in [-0.05, 0) is 42.9 Å². The largest absolute Gasteiger partial charge is 0.343 e. The lowest BCUT2D eigenvalue weighted by atomic mass is 10.0. The molecule has 2 amide bonds. The molecular formula is C18H23ClN2O2. The summed E-state index contributed by atoms with van der Waals surface area (Å²) >= 11 is 6.04. The molecule has 0 bridgehead atoms. The van der Waals surface area contributed by atoms with Crippen molar-refractivity contribution in [1.82, 2.24) is 9.80 Å². The lowest BCUT2D eigenvalue weighted by Crippen LogP contribution is -2.47. The summed E-state index contributed by atoms with van der Waals surface area (Å²) < 4.78 is 0. The summed E-state index contributed by atoms with van der Waals surface area (Å²) in [7, 11) is 1.85. The zero-order valence-corrected chi connectivity index (χ0v) is 14.4. The lowest BCUT2D eigenvalue weighted by Gasteiger charge is -2.36. The summed E-state index contributed by atoms with van der Waals surface area (Å²) in [4.78, 5) is 27.9. The van der Waals surface area contributed by atoms with Gasteiger partial charge in [0.05, 0.1) is 0 Å². The first kappa shape index (κ1) is 16.3. The SMILES string of the molecule is CC(=O)N(C)C1CCN(C(=O)[C@@H]2C[C@H]2c2cccc(Cl)c2)CC1. The fourth-order valence-corrected chi connectivity index (χ4v) is 3.74. The van der Waals surface area contributed by atoms with Crippen molar-refractivity contribution >= 4 is 23.4 Å². The number of amides is 2. The van der Waals surface area contributed by atoms with Crippen LogP contribution in [-0.4, -0.2) is 47.8 Å². The third-order valence-electron chi connectivity index (χ3n) is 5.21. The Kier molecular flexibility index (Phi) is 4.62. The molecule has 0 spiro atoms. The summed E-state index contributed by atoms with van der Waals surface area (Å²) in [5, 5.41) is 0.730. The van der Waals surface area contributed by atoms with Gasteiger partial charge in [-0.2, -0.15) is 0 Å². The maximum absolute atomic E-state index is 12.7. The van der Waals surface area contributed by atoms with Crippen LogP contribution in [-0.2, 0) is 9.59 Å². The average molecular weight is 335 g/mol. The van der Waals surface area contributed by atoms with Crippen LogP contribution in [0.1, 0.15) is 37.7 Å². The van der Waals surface area contributed by atoms with E-state index in [2.05, 4.69) is 6.07 Å². The molecule has 0 N–H and O–H groups in total. The van der Waals surface area contributed by atoms with Gasteiger partial charge in [0.15, 0.2) is 0 Å². The smallest absolute Gasteiger partial charge is 0.226 e. The standard InChI is InChI=1S/C18H23ClN2O2/c1-12(22)20(2)15-6-8-21(9-7-15)18(23)17-11-16(17)13-4-3-5-14(19)10-13/h3-5,10,15-17H,6-9,11H2,1-2H3/t16-,17+/m0/s1. The molecule has 1 saturated heterocycles. The van der Waals surface area contributed by atoms with Crippen LogP contribution in [0.25, 0.3) is 0 Å². The first-order valence-corrected chi connectivity index (χ1v) is 8.63. The van der Waals surface area contributed by atoms with E-state index >= 15 is 0 Å². The molecule has 0 unspecified atom stereocenters. The van der Waals surface area contributed by atoms with Crippen LogP contribution in [0.3, 0.4) is 0 Å². The van der Waals surface area contributed by atoms with Crippen LogP contribution in [0.2, 0.25) is 5.02 Å². The molecule has 1 heterocycles. The molecule has 1 aliphatic heterocycles. The summed E-state index contributed by atoms with van der Waals surface area (Å²) in [6.07, 6.45) is 2.67. The monoisotopic (exact) mass is 334 g/mol. The van der Waals surface area contributed by atoms with Gasteiger partial charge in [0.1, 0.15) is 0 Å². The molecule has 4 nitrogen and oxygen atoms in total. The Bertz CT molecular complexity index is 611. The van der Waals surface area contributed by atoms with E-state index in [0.29, 0.717) is 5.92 Å². The number of rotatable bonds is 3. The molecule has 23 heavy (non-hydrogen) atoms. The third kappa shape index (κ3) is 3.52. The highest BCUT2D eigenvalue weighted by molar-refractivity contribution is 6.30. The minimum absolute atomic E-state index is 0.0954. The lowest BCUT2D eigenvalue weighted by molar-refractivity contribution is -0.135. The van der Waals surface area contributed by atoms with Gasteiger partial charge in [-0.25, -0.2) is 0 Å². The van der Waals surface area contributed by atoms with Crippen LogP contribution in [0, 0.1) is 5.92 Å². The van der Waals surface area contributed by atoms with Crippen molar-refractivity contribution in [3.63, 3.8) is 0 Å². The molecule has 1 aromatic rings. The third-order valence-corrected chi connectivity index (χ3v) is 5.44. The summed E-state index contributed by atoms with van der Waals surface area (Å²) in [6.45, 7) is 3.09. The van der Waals surface area contributed by atoms with Crippen molar-refractivity contribution in [3.05, 3.63) is 34.9 Å². The van der Waals surface area contributed by atoms with Crippen molar-refractivity contribution in [2.45, 2.75) is 38.1 Å². The van der Waals surface area contributed by atoms with Crippen molar-refractivity contribution in [2.75, 3.05) is 20.1 Å². The number of nitrogens with zero attached hydrogens (tertiary/aromatic N) is 2. The Hall–Kier alpha value is -1.55. The molecule has 1 aromatic carbocycles. The second-order valence-corrected chi connectivity index (χ2v) is 7.13. The molecule has 5 heteroatoms. The van der Waals surface area contributed by atoms with Crippen molar-refractivity contribution in [1.29, 1.82) is 0 Å². The van der Waals surface area contributed by atoms with Gasteiger partial charge in [0, 0.05) is 44.0 Å². The number of carbonyl (C=O) groups is 2. The molecular weight excluding hydrogens is 312 g/mol. The van der Waals surface area contributed by atoms with Crippen LogP contribution in [0.15, 0.2) is 24.3 Å². The fraction of sp³-hybridized carbons (Fsp3) is 0.556. The Balaban J connectivity index is 1.54. The van der Waals surface area contributed by atoms with Crippen molar-refractivity contribution in [3.8, 4) is 0 Å². The second-order valence-electron chi connectivity index (χ2n) is 6.69. The Morgan fingerprint density at radius 2 is 1.96 bits per heavy atom. The highest BCUT2D eigenvalue weighted by atomic mass is 35.5. The van der Waals surface area contributed by atoms with Gasteiger partial charge in [0.2, 0.25) is 11.8 Å². The average Bonchev–Trinajstić information content (AvgIpc) is 3.34. The van der Waals surface area contributed by atoms with Gasteiger partial charge in [-0.3, -0.25) is 9.59 Å².